The fourth-order valence-electron chi connectivity index (χ4n) is 3.90. The van der Waals surface area contributed by atoms with Gasteiger partial charge in [0.15, 0.2) is 0 Å². The van der Waals surface area contributed by atoms with E-state index in [2.05, 4.69) is 20.8 Å². The van der Waals surface area contributed by atoms with Gasteiger partial charge < -0.3 is 10.5 Å². The van der Waals surface area contributed by atoms with Crippen LogP contribution in [0.15, 0.2) is 0 Å². The Kier molecular flexibility index (Phi) is 5.30. The zero-order valence-corrected chi connectivity index (χ0v) is 13.2. The SMILES string of the molecule is CC1CCC(OC2(CN)CCC(C(C)C)CC2)CC1. The van der Waals surface area contributed by atoms with E-state index in [1.165, 1.54) is 51.4 Å². The first-order chi connectivity index (χ1) is 9.04. The van der Waals surface area contributed by atoms with E-state index in [-0.39, 0.29) is 5.60 Å². The maximum atomic E-state index is 6.52. The monoisotopic (exact) mass is 267 g/mol. The van der Waals surface area contributed by atoms with Gasteiger partial charge in [-0.15, -0.1) is 0 Å². The van der Waals surface area contributed by atoms with Crippen LogP contribution >= 0.6 is 0 Å². The molecule has 0 aromatic rings. The summed E-state index contributed by atoms with van der Waals surface area (Å²) >= 11 is 0. The summed E-state index contributed by atoms with van der Waals surface area (Å²) in [4.78, 5) is 0. The maximum absolute atomic E-state index is 6.52. The van der Waals surface area contributed by atoms with Gasteiger partial charge in [0.05, 0.1) is 11.7 Å². The van der Waals surface area contributed by atoms with E-state index in [9.17, 15) is 0 Å². The number of hydrogen-bond donors (Lipinski definition) is 1. The summed E-state index contributed by atoms with van der Waals surface area (Å²) in [6, 6.07) is 0. The van der Waals surface area contributed by atoms with E-state index in [4.69, 9.17) is 10.5 Å². The molecule has 2 heteroatoms. The molecule has 2 rings (SSSR count). The van der Waals surface area contributed by atoms with Crippen LogP contribution in [0.3, 0.4) is 0 Å². The van der Waals surface area contributed by atoms with Crippen molar-refractivity contribution >= 4 is 0 Å². The van der Waals surface area contributed by atoms with Crippen LogP contribution in [0.25, 0.3) is 0 Å². The highest BCUT2D eigenvalue weighted by Crippen LogP contribution is 2.40. The Hall–Kier alpha value is -0.0800. The molecule has 2 aliphatic carbocycles. The Balaban J connectivity index is 1.86. The molecule has 0 bridgehead atoms. The molecule has 0 atom stereocenters. The van der Waals surface area contributed by atoms with Gasteiger partial charge >= 0.3 is 0 Å². The predicted molar refractivity (Wildman–Crippen MR) is 81.1 cm³/mol. The van der Waals surface area contributed by atoms with Crippen LogP contribution in [0, 0.1) is 17.8 Å². The second-order valence-corrected chi connectivity index (χ2v) is 7.47. The minimum absolute atomic E-state index is 0.0106. The largest absolute Gasteiger partial charge is 0.370 e. The molecule has 0 spiro atoms. The molecule has 0 saturated heterocycles. The van der Waals surface area contributed by atoms with Crippen molar-refractivity contribution in [3.05, 3.63) is 0 Å². The molecule has 2 nitrogen and oxygen atoms in total. The van der Waals surface area contributed by atoms with Crippen LogP contribution in [0.2, 0.25) is 0 Å². The first kappa shape index (κ1) is 15.3. The summed E-state index contributed by atoms with van der Waals surface area (Å²) in [5.41, 5.74) is 6.09. The molecular weight excluding hydrogens is 234 g/mol. The fraction of sp³-hybridized carbons (Fsp3) is 1.00. The number of ether oxygens (including phenoxy) is 1. The average Bonchev–Trinajstić information content (AvgIpc) is 2.42. The summed E-state index contributed by atoms with van der Waals surface area (Å²) in [6.45, 7) is 7.78. The normalized spacial score (nSPS) is 40.6. The van der Waals surface area contributed by atoms with E-state index in [1.807, 2.05) is 0 Å². The summed E-state index contributed by atoms with van der Waals surface area (Å²) in [6.07, 6.45) is 10.6. The molecular formula is C17H33NO. The Bertz CT molecular complexity index is 260. The highest BCUT2D eigenvalue weighted by Gasteiger charge is 2.38. The van der Waals surface area contributed by atoms with Crippen LogP contribution in [0.5, 0.6) is 0 Å². The lowest BCUT2D eigenvalue weighted by atomic mass is 9.74. The lowest BCUT2D eigenvalue weighted by Crippen LogP contribution is -2.47. The van der Waals surface area contributed by atoms with E-state index in [1.54, 1.807) is 0 Å². The summed E-state index contributed by atoms with van der Waals surface area (Å²) < 4.78 is 6.52. The van der Waals surface area contributed by atoms with Crippen molar-refractivity contribution in [2.24, 2.45) is 23.5 Å². The predicted octanol–water partition coefficient (Wildman–Crippen LogP) is 4.13. The standard InChI is InChI=1S/C17H33NO/c1-13(2)15-8-10-17(12-18,11-9-15)19-16-6-4-14(3)5-7-16/h13-16H,4-12,18H2,1-3H3. The molecule has 0 heterocycles. The smallest absolute Gasteiger partial charge is 0.0808 e. The first-order valence-electron chi connectivity index (χ1n) is 8.42. The highest BCUT2D eigenvalue weighted by molar-refractivity contribution is 4.90. The molecule has 0 aromatic carbocycles. The quantitative estimate of drug-likeness (QED) is 0.831. The van der Waals surface area contributed by atoms with E-state index in [0.717, 1.165) is 17.8 Å². The molecule has 0 unspecified atom stereocenters. The van der Waals surface area contributed by atoms with Crippen molar-refractivity contribution in [2.75, 3.05) is 6.54 Å². The average molecular weight is 267 g/mol. The molecule has 0 aromatic heterocycles. The molecule has 112 valence electrons. The summed E-state index contributed by atoms with van der Waals surface area (Å²) in [5, 5.41) is 0. The second-order valence-electron chi connectivity index (χ2n) is 7.47. The van der Waals surface area contributed by atoms with Gasteiger partial charge in [-0.3, -0.25) is 0 Å². The molecule has 0 amide bonds. The number of rotatable bonds is 4. The van der Waals surface area contributed by atoms with Gasteiger partial charge in [0.1, 0.15) is 0 Å². The molecule has 2 aliphatic rings. The maximum Gasteiger partial charge on any atom is 0.0808 e. The van der Waals surface area contributed by atoms with Gasteiger partial charge in [-0.1, -0.05) is 20.8 Å². The molecule has 0 radical (unpaired) electrons. The minimum atomic E-state index is 0.0106. The lowest BCUT2D eigenvalue weighted by molar-refractivity contribution is -0.128. The Labute approximate surface area is 119 Å². The van der Waals surface area contributed by atoms with Gasteiger partial charge in [-0.2, -0.15) is 0 Å². The summed E-state index contributed by atoms with van der Waals surface area (Å²) in [5.74, 6) is 2.59. The van der Waals surface area contributed by atoms with Crippen molar-refractivity contribution in [3.63, 3.8) is 0 Å². The fourth-order valence-corrected chi connectivity index (χ4v) is 3.90. The Morgan fingerprint density at radius 2 is 1.63 bits per heavy atom. The van der Waals surface area contributed by atoms with E-state index < -0.39 is 0 Å². The van der Waals surface area contributed by atoms with Crippen LogP contribution in [-0.4, -0.2) is 18.2 Å². The Morgan fingerprint density at radius 3 is 2.11 bits per heavy atom. The van der Waals surface area contributed by atoms with E-state index in [0.29, 0.717) is 12.6 Å². The lowest BCUT2D eigenvalue weighted by Gasteiger charge is -2.43. The van der Waals surface area contributed by atoms with Gasteiger partial charge in [0.25, 0.3) is 0 Å². The summed E-state index contributed by atoms with van der Waals surface area (Å²) in [7, 11) is 0. The van der Waals surface area contributed by atoms with Gasteiger partial charge in [-0.25, -0.2) is 0 Å². The van der Waals surface area contributed by atoms with Crippen molar-refractivity contribution < 1.29 is 4.74 Å². The third-order valence-electron chi connectivity index (χ3n) is 5.64. The van der Waals surface area contributed by atoms with E-state index >= 15 is 0 Å². The van der Waals surface area contributed by atoms with Gasteiger partial charge in [0, 0.05) is 6.54 Å². The third-order valence-corrected chi connectivity index (χ3v) is 5.64. The third kappa shape index (κ3) is 3.95. The second kappa shape index (κ2) is 6.58. The molecule has 0 aliphatic heterocycles. The molecule has 2 saturated carbocycles. The van der Waals surface area contributed by atoms with Crippen LogP contribution < -0.4 is 5.73 Å². The van der Waals surface area contributed by atoms with Crippen molar-refractivity contribution in [1.82, 2.24) is 0 Å². The highest BCUT2D eigenvalue weighted by atomic mass is 16.5. The van der Waals surface area contributed by atoms with Gasteiger partial charge in [0.2, 0.25) is 0 Å². The van der Waals surface area contributed by atoms with Crippen LogP contribution in [-0.2, 0) is 4.74 Å². The van der Waals surface area contributed by atoms with Crippen LogP contribution in [0.4, 0.5) is 0 Å². The zero-order valence-electron chi connectivity index (χ0n) is 13.2. The van der Waals surface area contributed by atoms with Crippen molar-refractivity contribution in [1.29, 1.82) is 0 Å². The van der Waals surface area contributed by atoms with Crippen molar-refractivity contribution in [2.45, 2.75) is 83.8 Å². The first-order valence-corrected chi connectivity index (χ1v) is 8.42. The van der Waals surface area contributed by atoms with Crippen LogP contribution in [0.1, 0.15) is 72.1 Å². The Morgan fingerprint density at radius 1 is 1.05 bits per heavy atom. The molecule has 2 fully saturated rings. The molecule has 19 heavy (non-hydrogen) atoms. The zero-order chi connectivity index (χ0) is 13.9. The van der Waals surface area contributed by atoms with Gasteiger partial charge in [-0.05, 0) is 69.1 Å². The topological polar surface area (TPSA) is 35.2 Å². The molecule has 2 N–H and O–H groups in total. The van der Waals surface area contributed by atoms with Crippen molar-refractivity contribution in [3.8, 4) is 0 Å². The minimum Gasteiger partial charge on any atom is -0.370 e. The number of hydrogen-bond acceptors (Lipinski definition) is 2. The number of nitrogens with two attached hydrogens (primary N) is 1.